The van der Waals surface area contributed by atoms with Crippen molar-refractivity contribution >= 4 is 5.78 Å². The maximum Gasteiger partial charge on any atom is 0.143 e. The number of fused-ring (bicyclic) bond motifs is 1. The lowest BCUT2D eigenvalue weighted by Crippen LogP contribution is -2.08. The van der Waals surface area contributed by atoms with Gasteiger partial charge in [0.15, 0.2) is 0 Å². The first-order chi connectivity index (χ1) is 6.36. The van der Waals surface area contributed by atoms with Crippen LogP contribution in [0.2, 0.25) is 0 Å². The van der Waals surface area contributed by atoms with Crippen molar-refractivity contribution in [3.63, 3.8) is 0 Å². The van der Waals surface area contributed by atoms with Gasteiger partial charge in [-0.25, -0.2) is 0 Å². The molecular formula is C12H12O. The second kappa shape index (κ2) is 2.44. The van der Waals surface area contributed by atoms with Crippen LogP contribution in [-0.4, -0.2) is 5.78 Å². The van der Waals surface area contributed by atoms with Crippen LogP contribution in [0.1, 0.15) is 24.3 Å². The average molecular weight is 172 g/mol. The summed E-state index contributed by atoms with van der Waals surface area (Å²) in [7, 11) is 0. The number of hydrogen-bond donors (Lipinski definition) is 0. The molecule has 0 heterocycles. The Balaban J connectivity index is 1.91. The number of carbonyl (C=O) groups is 1. The van der Waals surface area contributed by atoms with E-state index in [1.807, 2.05) is 18.2 Å². The number of benzene rings is 1. The molecule has 0 aliphatic heterocycles. The lowest BCUT2D eigenvalue weighted by molar-refractivity contribution is -0.120. The van der Waals surface area contributed by atoms with Gasteiger partial charge in [-0.15, -0.1) is 0 Å². The van der Waals surface area contributed by atoms with E-state index < -0.39 is 0 Å². The fraction of sp³-hybridized carbons (Fsp3) is 0.417. The highest BCUT2D eigenvalue weighted by molar-refractivity contribution is 5.92. The van der Waals surface area contributed by atoms with Crippen LogP contribution >= 0.6 is 0 Å². The molecule has 0 aromatic heterocycles. The van der Waals surface area contributed by atoms with Gasteiger partial charge in [0.05, 0.1) is 0 Å². The molecule has 1 nitrogen and oxygen atoms in total. The zero-order valence-electron chi connectivity index (χ0n) is 7.44. The molecule has 2 saturated carbocycles. The van der Waals surface area contributed by atoms with Gasteiger partial charge in [-0.2, -0.15) is 0 Å². The molecule has 1 unspecified atom stereocenters. The van der Waals surface area contributed by atoms with E-state index in [9.17, 15) is 4.79 Å². The Labute approximate surface area is 77.8 Å². The molecule has 0 N–H and O–H groups in total. The smallest absolute Gasteiger partial charge is 0.143 e. The predicted octanol–water partition coefficient (Wildman–Crippen LogP) is 2.38. The third kappa shape index (κ3) is 1.03. The van der Waals surface area contributed by atoms with E-state index >= 15 is 0 Å². The van der Waals surface area contributed by atoms with E-state index in [2.05, 4.69) is 12.1 Å². The Hall–Kier alpha value is -1.11. The lowest BCUT2D eigenvalue weighted by atomic mass is 9.93. The molecule has 0 spiro atoms. The number of rotatable bonds is 1. The molecule has 1 aromatic rings. The topological polar surface area (TPSA) is 17.1 Å². The summed E-state index contributed by atoms with van der Waals surface area (Å²) in [5.41, 5.74) is 1.22. The highest BCUT2D eigenvalue weighted by Gasteiger charge is 2.52. The number of carbonyl (C=O) groups excluding carboxylic acids is 1. The van der Waals surface area contributed by atoms with Gasteiger partial charge in [0.2, 0.25) is 0 Å². The van der Waals surface area contributed by atoms with E-state index in [1.165, 1.54) is 12.0 Å². The molecule has 0 radical (unpaired) electrons. The Morgan fingerprint density at radius 3 is 2.46 bits per heavy atom. The summed E-state index contributed by atoms with van der Waals surface area (Å²) in [5.74, 6) is 1.89. The van der Waals surface area contributed by atoms with Crippen molar-refractivity contribution in [1.29, 1.82) is 0 Å². The van der Waals surface area contributed by atoms with Crippen LogP contribution in [0.25, 0.3) is 0 Å². The van der Waals surface area contributed by atoms with E-state index in [1.54, 1.807) is 0 Å². The maximum absolute atomic E-state index is 11.7. The maximum atomic E-state index is 11.7. The zero-order valence-corrected chi connectivity index (χ0v) is 7.44. The normalized spacial score (nSPS) is 36.0. The minimum absolute atomic E-state index is 0.227. The van der Waals surface area contributed by atoms with Gasteiger partial charge in [-0.05, 0) is 24.3 Å². The highest BCUT2D eigenvalue weighted by atomic mass is 16.1. The summed E-state index contributed by atoms with van der Waals surface area (Å²) in [6.45, 7) is 0. The second-order valence-corrected chi connectivity index (χ2v) is 4.20. The molecule has 0 saturated heterocycles. The predicted molar refractivity (Wildman–Crippen MR) is 50.4 cm³/mol. The molecule has 1 heteroatoms. The zero-order chi connectivity index (χ0) is 8.84. The van der Waals surface area contributed by atoms with E-state index in [0.29, 0.717) is 11.7 Å². The third-order valence-corrected chi connectivity index (χ3v) is 3.37. The molecule has 3 atom stereocenters. The van der Waals surface area contributed by atoms with Crippen LogP contribution < -0.4 is 0 Å². The Morgan fingerprint density at radius 1 is 1.08 bits per heavy atom. The van der Waals surface area contributed by atoms with Crippen molar-refractivity contribution in [3.8, 4) is 0 Å². The molecule has 2 aliphatic rings. The molecule has 2 aliphatic carbocycles. The largest absolute Gasteiger partial charge is 0.299 e. The van der Waals surface area contributed by atoms with Gasteiger partial charge >= 0.3 is 0 Å². The second-order valence-electron chi connectivity index (χ2n) is 4.20. The third-order valence-electron chi connectivity index (χ3n) is 3.37. The first kappa shape index (κ1) is 7.31. The summed E-state index contributed by atoms with van der Waals surface area (Å²) in [5, 5.41) is 0. The van der Waals surface area contributed by atoms with Crippen LogP contribution in [0.3, 0.4) is 0 Å². The monoisotopic (exact) mass is 172 g/mol. The minimum Gasteiger partial charge on any atom is -0.299 e. The molecule has 0 amide bonds. The van der Waals surface area contributed by atoms with Gasteiger partial charge in [0, 0.05) is 11.8 Å². The van der Waals surface area contributed by atoms with Crippen LogP contribution in [0.15, 0.2) is 30.3 Å². The van der Waals surface area contributed by atoms with Crippen molar-refractivity contribution in [1.82, 2.24) is 0 Å². The van der Waals surface area contributed by atoms with Crippen molar-refractivity contribution in [3.05, 3.63) is 35.9 Å². The SMILES string of the molecule is O=C1C(c2ccccc2)C[C@@H]2C[C@H]12. The first-order valence-corrected chi connectivity index (χ1v) is 4.95. The number of Topliss-reactive ketones (excluding diaryl/α,β-unsaturated/α-hetero) is 1. The van der Waals surface area contributed by atoms with Crippen LogP contribution in [0.4, 0.5) is 0 Å². The van der Waals surface area contributed by atoms with E-state index in [-0.39, 0.29) is 5.92 Å². The quantitative estimate of drug-likeness (QED) is 0.635. The Kier molecular flexibility index (Phi) is 1.37. The van der Waals surface area contributed by atoms with Crippen LogP contribution in [0.5, 0.6) is 0 Å². The van der Waals surface area contributed by atoms with Gasteiger partial charge < -0.3 is 0 Å². The Morgan fingerprint density at radius 2 is 1.85 bits per heavy atom. The Bertz CT molecular complexity index is 341. The molecule has 13 heavy (non-hydrogen) atoms. The molecule has 1 aromatic carbocycles. The number of hydrogen-bond acceptors (Lipinski definition) is 1. The van der Waals surface area contributed by atoms with E-state index in [4.69, 9.17) is 0 Å². The van der Waals surface area contributed by atoms with Crippen molar-refractivity contribution in [2.75, 3.05) is 0 Å². The number of ketones is 1. The van der Waals surface area contributed by atoms with Gasteiger partial charge in [-0.3, -0.25) is 4.79 Å². The molecule has 66 valence electrons. The highest BCUT2D eigenvalue weighted by Crippen LogP contribution is 2.54. The first-order valence-electron chi connectivity index (χ1n) is 4.95. The summed E-state index contributed by atoms with van der Waals surface area (Å²) in [4.78, 5) is 11.7. The molecular weight excluding hydrogens is 160 g/mol. The van der Waals surface area contributed by atoms with Gasteiger partial charge in [0.1, 0.15) is 5.78 Å². The van der Waals surface area contributed by atoms with Gasteiger partial charge in [-0.1, -0.05) is 30.3 Å². The molecule has 3 rings (SSSR count). The minimum atomic E-state index is 0.227. The standard InChI is InChI=1S/C12H12O/c13-12-10(6-9-7-11(9)12)8-4-2-1-3-5-8/h1-5,9-11H,6-7H2/t9-,10?,11+/m1/s1. The fourth-order valence-electron chi connectivity index (χ4n) is 2.52. The summed E-state index contributed by atoms with van der Waals surface area (Å²) in [6, 6.07) is 10.2. The lowest BCUT2D eigenvalue weighted by Gasteiger charge is -2.09. The van der Waals surface area contributed by atoms with Crippen LogP contribution in [0, 0.1) is 11.8 Å². The summed E-state index contributed by atoms with van der Waals surface area (Å²) >= 11 is 0. The van der Waals surface area contributed by atoms with E-state index in [0.717, 1.165) is 12.3 Å². The van der Waals surface area contributed by atoms with Crippen LogP contribution in [-0.2, 0) is 4.79 Å². The van der Waals surface area contributed by atoms with Crippen molar-refractivity contribution in [2.45, 2.75) is 18.8 Å². The average Bonchev–Trinajstić information content (AvgIpc) is 2.88. The summed E-state index contributed by atoms with van der Waals surface area (Å²) in [6.07, 6.45) is 2.27. The fourth-order valence-corrected chi connectivity index (χ4v) is 2.52. The van der Waals surface area contributed by atoms with Crippen molar-refractivity contribution < 1.29 is 4.79 Å². The molecule has 0 bridgehead atoms. The molecule has 2 fully saturated rings. The van der Waals surface area contributed by atoms with Gasteiger partial charge in [0.25, 0.3) is 0 Å². The van der Waals surface area contributed by atoms with Crippen molar-refractivity contribution in [2.24, 2.45) is 11.8 Å². The summed E-state index contributed by atoms with van der Waals surface area (Å²) < 4.78 is 0.